The first-order valence-electron chi connectivity index (χ1n) is 32.4. The summed E-state index contributed by atoms with van der Waals surface area (Å²) in [6.45, 7) is 6.45. The molecule has 0 aliphatic carbocycles. The highest BCUT2D eigenvalue weighted by molar-refractivity contribution is 5.71. The molecule has 0 spiro atoms. The van der Waals surface area contributed by atoms with E-state index in [0.29, 0.717) is 19.3 Å². The third-order valence-corrected chi connectivity index (χ3v) is 13.7. The van der Waals surface area contributed by atoms with Crippen LogP contribution in [0.25, 0.3) is 0 Å². The standard InChI is InChI=1S/C71H120O6/c1-4-7-10-13-16-19-22-25-27-29-31-33-34-35-36-38-39-41-43-46-49-52-55-58-61-64-70(73)76-67-68(66-75-69(72)63-60-57-54-51-48-45-24-21-18-15-12-9-6-3)77-71(74)65-62-59-56-53-50-47-44-42-40-37-32-30-28-26-23-20-17-14-11-8-5-2/h7,10,12,15-16,19,21,23-27,30-33,40,42,68H,4-6,8-9,11,13-14,17-18,20,22,28-29,34-39,41,43-67H2,1-3H3/b10-7-,15-12-,19-16-,24-21-,26-23-,27-25-,32-30-,33-31-,42-40-. The summed E-state index contributed by atoms with van der Waals surface area (Å²) in [7, 11) is 0. The molecule has 0 aromatic carbocycles. The van der Waals surface area contributed by atoms with E-state index in [0.717, 1.165) is 141 Å². The van der Waals surface area contributed by atoms with Crippen molar-refractivity contribution >= 4 is 17.9 Å². The van der Waals surface area contributed by atoms with Gasteiger partial charge in [0.05, 0.1) is 0 Å². The van der Waals surface area contributed by atoms with Crippen LogP contribution in [-0.2, 0) is 28.6 Å². The number of carbonyl (C=O) groups excluding carboxylic acids is 3. The van der Waals surface area contributed by atoms with Gasteiger partial charge in [0.15, 0.2) is 6.10 Å². The van der Waals surface area contributed by atoms with Crippen LogP contribution in [0, 0.1) is 0 Å². The number of carbonyl (C=O) groups is 3. The topological polar surface area (TPSA) is 78.9 Å². The number of hydrogen-bond acceptors (Lipinski definition) is 6. The fourth-order valence-corrected chi connectivity index (χ4v) is 8.89. The number of ether oxygens (including phenoxy) is 3. The number of rotatable bonds is 58. The number of esters is 3. The highest BCUT2D eigenvalue weighted by Gasteiger charge is 2.19. The highest BCUT2D eigenvalue weighted by atomic mass is 16.6. The lowest BCUT2D eigenvalue weighted by atomic mass is 10.0. The van der Waals surface area contributed by atoms with Crippen molar-refractivity contribution in [1.82, 2.24) is 0 Å². The Morgan fingerprint density at radius 2 is 0.532 bits per heavy atom. The van der Waals surface area contributed by atoms with Crippen molar-refractivity contribution in [3.05, 3.63) is 109 Å². The van der Waals surface area contributed by atoms with Crippen molar-refractivity contribution in [3.8, 4) is 0 Å². The van der Waals surface area contributed by atoms with Gasteiger partial charge in [-0.25, -0.2) is 0 Å². The van der Waals surface area contributed by atoms with Gasteiger partial charge in [0.25, 0.3) is 0 Å². The van der Waals surface area contributed by atoms with Crippen LogP contribution in [0.2, 0.25) is 0 Å². The van der Waals surface area contributed by atoms with Crippen LogP contribution >= 0.6 is 0 Å². The Morgan fingerprint density at radius 1 is 0.273 bits per heavy atom. The van der Waals surface area contributed by atoms with Crippen molar-refractivity contribution in [3.63, 3.8) is 0 Å². The SMILES string of the molecule is CC/C=C\C/C=C\C/C=C\C/C=C\CCCCCCCCCCCCCCC(=O)OCC(COC(=O)CCCCCCC/C=C\C/C=C\CCC)OC(=O)CCCCCCCC/C=C\C/C=C\C/C=C\CCCCCCC. The van der Waals surface area contributed by atoms with Gasteiger partial charge in [0.1, 0.15) is 13.2 Å². The lowest BCUT2D eigenvalue weighted by molar-refractivity contribution is -0.167. The molecule has 0 aromatic rings. The fourth-order valence-electron chi connectivity index (χ4n) is 8.89. The summed E-state index contributed by atoms with van der Waals surface area (Å²) in [6, 6.07) is 0. The molecule has 0 saturated heterocycles. The molecule has 0 heterocycles. The molecule has 6 nitrogen and oxygen atoms in total. The van der Waals surface area contributed by atoms with Crippen LogP contribution in [0.4, 0.5) is 0 Å². The van der Waals surface area contributed by atoms with Crippen LogP contribution < -0.4 is 0 Å². The Bertz CT molecular complexity index is 1560. The minimum atomic E-state index is -0.794. The number of hydrogen-bond donors (Lipinski definition) is 0. The molecule has 0 rings (SSSR count). The minimum absolute atomic E-state index is 0.0893. The molecule has 0 aliphatic rings. The molecule has 0 saturated carbocycles. The Labute approximate surface area is 476 Å². The summed E-state index contributed by atoms with van der Waals surface area (Å²) in [6.07, 6.45) is 88.1. The molecular formula is C71H120O6. The van der Waals surface area contributed by atoms with Gasteiger partial charge in [-0.05, 0) is 122 Å². The van der Waals surface area contributed by atoms with E-state index in [1.54, 1.807) is 0 Å². The monoisotopic (exact) mass is 1070 g/mol. The first-order valence-corrected chi connectivity index (χ1v) is 32.4. The van der Waals surface area contributed by atoms with Gasteiger partial charge in [0.2, 0.25) is 0 Å². The van der Waals surface area contributed by atoms with E-state index in [-0.39, 0.29) is 31.1 Å². The molecule has 0 amide bonds. The second kappa shape index (κ2) is 64.6. The van der Waals surface area contributed by atoms with Crippen molar-refractivity contribution in [2.45, 2.75) is 309 Å². The van der Waals surface area contributed by atoms with E-state index in [1.165, 1.54) is 122 Å². The fraction of sp³-hybridized carbons (Fsp3) is 0.704. The average molecular weight is 1070 g/mol. The van der Waals surface area contributed by atoms with Crippen molar-refractivity contribution in [2.24, 2.45) is 0 Å². The molecule has 0 radical (unpaired) electrons. The Morgan fingerprint density at radius 3 is 0.844 bits per heavy atom. The van der Waals surface area contributed by atoms with Gasteiger partial charge in [-0.15, -0.1) is 0 Å². The smallest absolute Gasteiger partial charge is 0.306 e. The molecule has 6 heteroatoms. The van der Waals surface area contributed by atoms with Crippen LogP contribution in [0.1, 0.15) is 303 Å². The first-order chi connectivity index (χ1) is 38.0. The van der Waals surface area contributed by atoms with Gasteiger partial charge in [-0.3, -0.25) is 14.4 Å². The summed E-state index contributed by atoms with van der Waals surface area (Å²) in [5, 5.41) is 0. The summed E-state index contributed by atoms with van der Waals surface area (Å²) in [5.41, 5.74) is 0. The zero-order valence-electron chi connectivity index (χ0n) is 50.4. The molecule has 0 bridgehead atoms. The van der Waals surface area contributed by atoms with Gasteiger partial charge < -0.3 is 14.2 Å². The van der Waals surface area contributed by atoms with Gasteiger partial charge in [0, 0.05) is 19.3 Å². The Hall–Kier alpha value is -3.93. The summed E-state index contributed by atoms with van der Waals surface area (Å²) in [5.74, 6) is -0.911. The van der Waals surface area contributed by atoms with E-state index in [4.69, 9.17) is 14.2 Å². The van der Waals surface area contributed by atoms with E-state index in [1.807, 2.05) is 0 Å². The maximum atomic E-state index is 12.9. The van der Waals surface area contributed by atoms with Crippen LogP contribution in [-0.4, -0.2) is 37.2 Å². The molecule has 0 aromatic heterocycles. The Kier molecular flexibility index (Phi) is 61.3. The molecule has 440 valence electrons. The third kappa shape index (κ3) is 62.8. The molecule has 1 unspecified atom stereocenters. The lowest BCUT2D eigenvalue weighted by Crippen LogP contribution is -2.30. The van der Waals surface area contributed by atoms with E-state index in [2.05, 4.69) is 130 Å². The molecule has 0 aliphatic heterocycles. The third-order valence-electron chi connectivity index (χ3n) is 13.7. The zero-order chi connectivity index (χ0) is 55.7. The van der Waals surface area contributed by atoms with Gasteiger partial charge in [-0.1, -0.05) is 271 Å². The molecular weight excluding hydrogens is 949 g/mol. The molecule has 0 fully saturated rings. The van der Waals surface area contributed by atoms with Gasteiger partial charge >= 0.3 is 17.9 Å². The van der Waals surface area contributed by atoms with Gasteiger partial charge in [-0.2, -0.15) is 0 Å². The molecule has 1 atom stereocenters. The largest absolute Gasteiger partial charge is 0.462 e. The second-order valence-corrected chi connectivity index (χ2v) is 21.3. The zero-order valence-corrected chi connectivity index (χ0v) is 50.4. The summed E-state index contributed by atoms with van der Waals surface area (Å²) in [4.78, 5) is 38.3. The summed E-state index contributed by atoms with van der Waals surface area (Å²) >= 11 is 0. The van der Waals surface area contributed by atoms with Crippen molar-refractivity contribution in [2.75, 3.05) is 13.2 Å². The van der Waals surface area contributed by atoms with Crippen LogP contribution in [0.5, 0.6) is 0 Å². The normalized spacial score (nSPS) is 12.8. The predicted octanol–water partition coefficient (Wildman–Crippen LogP) is 22.2. The average Bonchev–Trinajstić information content (AvgIpc) is 3.43. The van der Waals surface area contributed by atoms with E-state index >= 15 is 0 Å². The summed E-state index contributed by atoms with van der Waals surface area (Å²) < 4.78 is 16.9. The minimum Gasteiger partial charge on any atom is -0.462 e. The Balaban J connectivity index is 4.35. The van der Waals surface area contributed by atoms with E-state index < -0.39 is 6.10 Å². The lowest BCUT2D eigenvalue weighted by Gasteiger charge is -2.18. The quantitative estimate of drug-likeness (QED) is 0.0261. The second-order valence-electron chi connectivity index (χ2n) is 21.3. The maximum absolute atomic E-state index is 12.9. The number of allylic oxidation sites excluding steroid dienone is 18. The number of unbranched alkanes of at least 4 members (excludes halogenated alkanes) is 29. The maximum Gasteiger partial charge on any atom is 0.306 e. The highest BCUT2D eigenvalue weighted by Crippen LogP contribution is 2.16. The molecule has 77 heavy (non-hydrogen) atoms. The van der Waals surface area contributed by atoms with E-state index in [9.17, 15) is 14.4 Å². The van der Waals surface area contributed by atoms with Crippen LogP contribution in [0.3, 0.4) is 0 Å². The van der Waals surface area contributed by atoms with Crippen molar-refractivity contribution in [1.29, 1.82) is 0 Å². The van der Waals surface area contributed by atoms with Crippen LogP contribution in [0.15, 0.2) is 109 Å². The van der Waals surface area contributed by atoms with Crippen molar-refractivity contribution < 1.29 is 28.6 Å². The molecule has 0 N–H and O–H groups in total. The predicted molar refractivity (Wildman–Crippen MR) is 334 cm³/mol. The first kappa shape index (κ1) is 73.1.